The fourth-order valence-electron chi connectivity index (χ4n) is 2.84. The summed E-state index contributed by atoms with van der Waals surface area (Å²) < 4.78 is 0. The van der Waals surface area contributed by atoms with E-state index in [2.05, 4.69) is 53.0 Å². The zero-order valence-electron chi connectivity index (χ0n) is 13.1. The van der Waals surface area contributed by atoms with Gasteiger partial charge in [-0.2, -0.15) is 5.26 Å². The van der Waals surface area contributed by atoms with E-state index in [4.69, 9.17) is 0 Å². The van der Waals surface area contributed by atoms with E-state index in [1.807, 2.05) is 12.1 Å². The van der Waals surface area contributed by atoms with Gasteiger partial charge in [-0.1, -0.05) is 24.3 Å². The molecule has 0 N–H and O–H groups in total. The number of aromatic nitrogens is 1. The maximum absolute atomic E-state index is 9.40. The molecule has 4 heteroatoms. The third-order valence-electron chi connectivity index (χ3n) is 4.27. The second-order valence-electron chi connectivity index (χ2n) is 5.81. The predicted molar refractivity (Wildman–Crippen MR) is 88.8 cm³/mol. The minimum Gasteiger partial charge on any atom is -0.354 e. The molecule has 0 radical (unpaired) electrons. The second-order valence-corrected chi connectivity index (χ2v) is 5.81. The monoisotopic (exact) mass is 292 g/mol. The van der Waals surface area contributed by atoms with Gasteiger partial charge in [0.25, 0.3) is 0 Å². The van der Waals surface area contributed by atoms with E-state index in [1.165, 1.54) is 5.56 Å². The van der Waals surface area contributed by atoms with Gasteiger partial charge in [-0.05, 0) is 31.2 Å². The van der Waals surface area contributed by atoms with Crippen molar-refractivity contribution in [1.82, 2.24) is 9.88 Å². The summed E-state index contributed by atoms with van der Waals surface area (Å²) in [6, 6.07) is 12.5. The average molecular weight is 292 g/mol. The molecule has 1 saturated heterocycles. The SMILES string of the molecule is Cc1ccccc1-c1cc(N2CCN(C)CC2)ncc1C#N. The van der Waals surface area contributed by atoms with E-state index < -0.39 is 0 Å². The Hall–Kier alpha value is -2.38. The molecule has 1 aromatic carbocycles. The van der Waals surface area contributed by atoms with E-state index in [1.54, 1.807) is 6.20 Å². The molecule has 0 bridgehead atoms. The van der Waals surface area contributed by atoms with Crippen LogP contribution in [0.1, 0.15) is 11.1 Å². The van der Waals surface area contributed by atoms with Gasteiger partial charge in [-0.3, -0.25) is 0 Å². The number of nitriles is 1. The second kappa shape index (κ2) is 6.17. The topological polar surface area (TPSA) is 43.2 Å². The molecule has 4 nitrogen and oxygen atoms in total. The van der Waals surface area contributed by atoms with Crippen molar-refractivity contribution in [3.8, 4) is 17.2 Å². The summed E-state index contributed by atoms with van der Waals surface area (Å²) in [6.45, 7) is 6.11. The third kappa shape index (κ3) is 2.81. The van der Waals surface area contributed by atoms with Crippen LogP contribution in [0.15, 0.2) is 36.5 Å². The van der Waals surface area contributed by atoms with E-state index in [-0.39, 0.29) is 0 Å². The molecule has 1 aliphatic heterocycles. The predicted octanol–water partition coefficient (Wildman–Crippen LogP) is 2.68. The first-order valence-electron chi connectivity index (χ1n) is 7.58. The summed E-state index contributed by atoms with van der Waals surface area (Å²) in [5.74, 6) is 0.963. The van der Waals surface area contributed by atoms with Crippen LogP contribution >= 0.6 is 0 Å². The van der Waals surface area contributed by atoms with Gasteiger partial charge in [-0.15, -0.1) is 0 Å². The van der Waals surface area contributed by atoms with Crippen molar-refractivity contribution in [2.45, 2.75) is 6.92 Å². The van der Waals surface area contributed by atoms with Gasteiger partial charge in [0.2, 0.25) is 0 Å². The molecule has 0 saturated carbocycles. The number of pyridine rings is 1. The molecular weight excluding hydrogens is 272 g/mol. The van der Waals surface area contributed by atoms with Crippen molar-refractivity contribution in [2.24, 2.45) is 0 Å². The van der Waals surface area contributed by atoms with Crippen LogP contribution in [0.4, 0.5) is 5.82 Å². The first-order valence-corrected chi connectivity index (χ1v) is 7.58. The number of hydrogen-bond donors (Lipinski definition) is 0. The van der Waals surface area contributed by atoms with Crippen molar-refractivity contribution in [1.29, 1.82) is 5.26 Å². The average Bonchev–Trinajstić information content (AvgIpc) is 2.55. The normalized spacial score (nSPS) is 15.6. The molecule has 22 heavy (non-hydrogen) atoms. The maximum Gasteiger partial charge on any atom is 0.129 e. The van der Waals surface area contributed by atoms with Crippen molar-refractivity contribution in [3.05, 3.63) is 47.7 Å². The molecule has 0 atom stereocenters. The van der Waals surface area contributed by atoms with E-state index in [0.717, 1.165) is 43.1 Å². The van der Waals surface area contributed by atoms with Gasteiger partial charge in [0, 0.05) is 37.9 Å². The first kappa shape index (κ1) is 14.6. The Morgan fingerprint density at radius 3 is 2.50 bits per heavy atom. The summed E-state index contributed by atoms with van der Waals surface area (Å²) in [4.78, 5) is 9.12. The summed E-state index contributed by atoms with van der Waals surface area (Å²) >= 11 is 0. The Bertz CT molecular complexity index is 709. The molecule has 112 valence electrons. The van der Waals surface area contributed by atoms with Crippen LogP contribution in [0, 0.1) is 18.3 Å². The Labute approximate surface area is 131 Å². The summed E-state index contributed by atoms with van der Waals surface area (Å²) in [5.41, 5.74) is 3.89. The molecule has 2 heterocycles. The number of hydrogen-bond acceptors (Lipinski definition) is 4. The molecule has 1 aromatic heterocycles. The van der Waals surface area contributed by atoms with Crippen molar-refractivity contribution in [3.63, 3.8) is 0 Å². The van der Waals surface area contributed by atoms with Crippen molar-refractivity contribution < 1.29 is 0 Å². The van der Waals surface area contributed by atoms with Crippen molar-refractivity contribution >= 4 is 5.82 Å². The molecule has 0 spiro atoms. The van der Waals surface area contributed by atoms with E-state index in [9.17, 15) is 5.26 Å². The lowest BCUT2D eigenvalue weighted by molar-refractivity contribution is 0.312. The van der Waals surface area contributed by atoms with Crippen molar-refractivity contribution in [2.75, 3.05) is 38.1 Å². The number of rotatable bonds is 2. The number of nitrogens with zero attached hydrogens (tertiary/aromatic N) is 4. The highest BCUT2D eigenvalue weighted by Crippen LogP contribution is 2.29. The third-order valence-corrected chi connectivity index (χ3v) is 4.27. The summed E-state index contributed by atoms with van der Waals surface area (Å²) in [6.07, 6.45) is 1.70. The van der Waals surface area contributed by atoms with Crippen LogP contribution in [0.2, 0.25) is 0 Å². The molecule has 0 aliphatic carbocycles. The zero-order valence-corrected chi connectivity index (χ0v) is 13.1. The fraction of sp³-hybridized carbons (Fsp3) is 0.333. The molecule has 0 unspecified atom stereocenters. The van der Waals surface area contributed by atoms with Crippen LogP contribution < -0.4 is 4.90 Å². The van der Waals surface area contributed by atoms with Gasteiger partial charge in [-0.25, -0.2) is 4.98 Å². The summed E-state index contributed by atoms with van der Waals surface area (Å²) in [5, 5.41) is 9.40. The van der Waals surface area contributed by atoms with Gasteiger partial charge in [0.1, 0.15) is 11.9 Å². The Morgan fingerprint density at radius 2 is 1.82 bits per heavy atom. The molecule has 3 rings (SSSR count). The molecule has 0 amide bonds. The standard InChI is InChI=1S/C18H20N4/c1-14-5-3-4-6-16(14)17-11-18(20-13-15(17)12-19)22-9-7-21(2)8-10-22/h3-6,11,13H,7-10H2,1-2H3. The Morgan fingerprint density at radius 1 is 1.09 bits per heavy atom. The lowest BCUT2D eigenvalue weighted by Gasteiger charge is -2.33. The number of anilines is 1. The minimum atomic E-state index is 0.632. The summed E-state index contributed by atoms with van der Waals surface area (Å²) in [7, 11) is 2.14. The molecule has 1 fully saturated rings. The molecule has 2 aromatic rings. The van der Waals surface area contributed by atoms with E-state index in [0.29, 0.717) is 5.56 Å². The fourth-order valence-corrected chi connectivity index (χ4v) is 2.84. The molecular formula is C18H20N4. The largest absolute Gasteiger partial charge is 0.354 e. The maximum atomic E-state index is 9.40. The van der Waals surface area contributed by atoms with Gasteiger partial charge in [0.15, 0.2) is 0 Å². The highest BCUT2D eigenvalue weighted by atomic mass is 15.3. The van der Waals surface area contributed by atoms with Gasteiger partial charge < -0.3 is 9.80 Å². The highest BCUT2D eigenvalue weighted by Gasteiger charge is 2.17. The lowest BCUT2D eigenvalue weighted by atomic mass is 9.98. The smallest absolute Gasteiger partial charge is 0.129 e. The van der Waals surface area contributed by atoms with Crippen LogP contribution in [0.25, 0.3) is 11.1 Å². The van der Waals surface area contributed by atoms with E-state index >= 15 is 0 Å². The lowest BCUT2D eigenvalue weighted by Crippen LogP contribution is -2.44. The number of piperazine rings is 1. The van der Waals surface area contributed by atoms with Crippen LogP contribution in [-0.2, 0) is 0 Å². The minimum absolute atomic E-state index is 0.632. The first-order chi connectivity index (χ1) is 10.7. The zero-order chi connectivity index (χ0) is 15.5. The number of aryl methyl sites for hydroxylation is 1. The number of benzene rings is 1. The Balaban J connectivity index is 2.01. The Kier molecular flexibility index (Phi) is 4.08. The quantitative estimate of drug-likeness (QED) is 0.853. The van der Waals surface area contributed by atoms with Gasteiger partial charge in [0.05, 0.1) is 5.56 Å². The molecule has 1 aliphatic rings. The highest BCUT2D eigenvalue weighted by molar-refractivity contribution is 5.75. The van der Waals surface area contributed by atoms with Gasteiger partial charge >= 0.3 is 0 Å². The van der Waals surface area contributed by atoms with Crippen LogP contribution in [0.3, 0.4) is 0 Å². The van der Waals surface area contributed by atoms with Crippen LogP contribution in [0.5, 0.6) is 0 Å². The van der Waals surface area contributed by atoms with Crippen LogP contribution in [-0.4, -0.2) is 43.1 Å². The number of likely N-dealkylation sites (N-methyl/N-ethyl adjacent to an activating group) is 1.